The Kier molecular flexibility index (Phi) is 5.24. The van der Waals surface area contributed by atoms with E-state index in [1.54, 1.807) is 17.0 Å². The van der Waals surface area contributed by atoms with E-state index in [1.807, 2.05) is 9.80 Å². The second-order valence-corrected chi connectivity index (χ2v) is 10.0. The maximum absolute atomic E-state index is 13.5. The van der Waals surface area contributed by atoms with Gasteiger partial charge in [-0.25, -0.2) is 9.37 Å². The number of benzene rings is 1. The summed E-state index contributed by atoms with van der Waals surface area (Å²) in [4.78, 5) is 33.6. The quantitative estimate of drug-likeness (QED) is 0.562. The highest BCUT2D eigenvalue weighted by atomic mass is 35.5. The number of nitrogens with zero attached hydrogens (tertiary/aromatic N) is 3. The van der Waals surface area contributed by atoms with Gasteiger partial charge < -0.3 is 9.80 Å². The minimum atomic E-state index is -0.331. The van der Waals surface area contributed by atoms with Crippen LogP contribution >= 0.6 is 34.3 Å². The van der Waals surface area contributed by atoms with Gasteiger partial charge in [-0.05, 0) is 42.9 Å². The average Bonchev–Trinajstić information content (AvgIpc) is 3.35. The Labute approximate surface area is 186 Å². The number of likely N-dealkylation sites (tertiary alicyclic amines) is 2. The van der Waals surface area contributed by atoms with Gasteiger partial charge in [0.2, 0.25) is 0 Å². The molecule has 4 heterocycles. The van der Waals surface area contributed by atoms with Crippen molar-refractivity contribution in [2.45, 2.75) is 12.8 Å². The van der Waals surface area contributed by atoms with Gasteiger partial charge in [0.05, 0.1) is 10.5 Å². The molecule has 3 aromatic rings. The summed E-state index contributed by atoms with van der Waals surface area (Å²) in [5.41, 5.74) is 2.21. The molecule has 0 radical (unpaired) electrons. The van der Waals surface area contributed by atoms with Crippen LogP contribution in [0.5, 0.6) is 0 Å². The molecule has 0 N–H and O–H groups in total. The minimum absolute atomic E-state index is 0.0101. The lowest BCUT2D eigenvalue weighted by atomic mass is 9.79. The van der Waals surface area contributed by atoms with Gasteiger partial charge in [-0.3, -0.25) is 9.59 Å². The van der Waals surface area contributed by atoms with Crippen molar-refractivity contribution in [1.82, 2.24) is 14.8 Å². The Morgan fingerprint density at radius 1 is 1.10 bits per heavy atom. The number of fused-ring (bicyclic) bond motifs is 1. The third-order valence-electron chi connectivity index (χ3n) is 6.13. The normalized spacial score (nSPS) is 18.1. The van der Waals surface area contributed by atoms with Gasteiger partial charge in [-0.1, -0.05) is 11.6 Å². The van der Waals surface area contributed by atoms with Crippen molar-refractivity contribution < 1.29 is 14.0 Å². The molecule has 0 unspecified atom stereocenters. The van der Waals surface area contributed by atoms with Gasteiger partial charge in [0.15, 0.2) is 0 Å². The van der Waals surface area contributed by atoms with E-state index in [2.05, 4.69) is 4.98 Å². The van der Waals surface area contributed by atoms with Crippen LogP contribution in [0.15, 0.2) is 29.1 Å². The van der Waals surface area contributed by atoms with Crippen molar-refractivity contribution in [2.75, 3.05) is 26.2 Å². The van der Waals surface area contributed by atoms with Gasteiger partial charge in [0.1, 0.15) is 16.4 Å². The van der Waals surface area contributed by atoms with E-state index in [9.17, 15) is 14.0 Å². The number of hydrogen-bond donors (Lipinski definition) is 0. The molecule has 2 fully saturated rings. The summed E-state index contributed by atoms with van der Waals surface area (Å²) >= 11 is 9.08. The van der Waals surface area contributed by atoms with Crippen LogP contribution in [0.25, 0.3) is 10.1 Å². The SMILES string of the molecule is O=C(c1cscn1)N1CCC(C2CN(C(=O)c3sc4cc(F)ccc4c3Cl)C2)CC1. The summed E-state index contributed by atoms with van der Waals surface area (Å²) in [5, 5.41) is 2.93. The number of carbonyl (C=O) groups is 2. The van der Waals surface area contributed by atoms with Crippen LogP contribution in [0.4, 0.5) is 4.39 Å². The lowest BCUT2D eigenvalue weighted by molar-refractivity contribution is 0.0231. The van der Waals surface area contributed by atoms with E-state index in [0.717, 1.165) is 31.3 Å². The lowest BCUT2D eigenvalue weighted by Gasteiger charge is -2.46. The lowest BCUT2D eigenvalue weighted by Crippen LogP contribution is -2.54. The molecule has 156 valence electrons. The van der Waals surface area contributed by atoms with Gasteiger partial charge >= 0.3 is 0 Å². The fourth-order valence-electron chi connectivity index (χ4n) is 4.35. The zero-order chi connectivity index (χ0) is 20.8. The number of hydrogen-bond acceptors (Lipinski definition) is 5. The summed E-state index contributed by atoms with van der Waals surface area (Å²) in [5.74, 6) is 0.574. The predicted molar refractivity (Wildman–Crippen MR) is 117 cm³/mol. The summed E-state index contributed by atoms with van der Waals surface area (Å²) in [6, 6.07) is 4.41. The number of carbonyl (C=O) groups excluding carboxylic acids is 2. The van der Waals surface area contributed by atoms with Crippen LogP contribution in [0.3, 0.4) is 0 Å². The summed E-state index contributed by atoms with van der Waals surface area (Å²) in [7, 11) is 0. The Morgan fingerprint density at radius 2 is 1.87 bits per heavy atom. The van der Waals surface area contributed by atoms with Crippen molar-refractivity contribution >= 4 is 56.2 Å². The first-order valence-corrected chi connectivity index (χ1v) is 12.0. The van der Waals surface area contributed by atoms with Crippen molar-refractivity contribution in [3.63, 3.8) is 0 Å². The van der Waals surface area contributed by atoms with Crippen molar-refractivity contribution in [3.05, 3.63) is 50.5 Å². The Bertz CT molecular complexity index is 1100. The number of thiazole rings is 1. The summed E-state index contributed by atoms with van der Waals surface area (Å²) < 4.78 is 14.2. The first-order valence-electron chi connectivity index (χ1n) is 9.85. The minimum Gasteiger partial charge on any atom is -0.337 e. The summed E-state index contributed by atoms with van der Waals surface area (Å²) in [6.07, 6.45) is 1.90. The summed E-state index contributed by atoms with van der Waals surface area (Å²) in [6.45, 7) is 2.89. The van der Waals surface area contributed by atoms with Gasteiger partial charge in [-0.15, -0.1) is 22.7 Å². The van der Waals surface area contributed by atoms with Crippen LogP contribution in [0, 0.1) is 17.7 Å². The van der Waals surface area contributed by atoms with Gasteiger partial charge in [-0.2, -0.15) is 0 Å². The van der Waals surface area contributed by atoms with E-state index < -0.39 is 0 Å². The highest BCUT2D eigenvalue weighted by Crippen LogP contribution is 2.39. The largest absolute Gasteiger partial charge is 0.337 e. The van der Waals surface area contributed by atoms with E-state index >= 15 is 0 Å². The number of thiophene rings is 1. The molecule has 2 aliphatic heterocycles. The van der Waals surface area contributed by atoms with Crippen LogP contribution in [0.1, 0.15) is 33.0 Å². The molecule has 9 heteroatoms. The van der Waals surface area contributed by atoms with Crippen LogP contribution < -0.4 is 0 Å². The first-order chi connectivity index (χ1) is 14.5. The Morgan fingerprint density at radius 3 is 2.57 bits per heavy atom. The van der Waals surface area contributed by atoms with E-state index in [0.29, 0.717) is 45.2 Å². The molecule has 2 aliphatic rings. The smallest absolute Gasteiger partial charge is 0.273 e. The highest BCUT2D eigenvalue weighted by molar-refractivity contribution is 7.21. The number of piperidine rings is 1. The number of halogens is 2. The van der Waals surface area contributed by atoms with Gasteiger partial charge in [0, 0.05) is 41.6 Å². The van der Waals surface area contributed by atoms with Crippen LogP contribution in [0.2, 0.25) is 5.02 Å². The molecular weight excluding hydrogens is 445 g/mol. The molecule has 5 rings (SSSR count). The molecule has 2 amide bonds. The molecule has 0 atom stereocenters. The topological polar surface area (TPSA) is 53.5 Å². The Balaban J connectivity index is 1.18. The van der Waals surface area contributed by atoms with Crippen molar-refractivity contribution in [2.24, 2.45) is 11.8 Å². The number of aromatic nitrogens is 1. The second kappa shape index (κ2) is 7.90. The molecule has 0 saturated carbocycles. The fourth-order valence-corrected chi connectivity index (χ4v) is 6.38. The van der Waals surface area contributed by atoms with Crippen LogP contribution in [-0.4, -0.2) is 52.8 Å². The first kappa shape index (κ1) is 19.9. The fraction of sp³-hybridized carbons (Fsp3) is 0.381. The van der Waals surface area contributed by atoms with E-state index in [-0.39, 0.29) is 17.6 Å². The van der Waals surface area contributed by atoms with Crippen molar-refractivity contribution in [1.29, 1.82) is 0 Å². The molecule has 0 bridgehead atoms. The molecule has 1 aromatic carbocycles. The maximum Gasteiger partial charge on any atom is 0.273 e. The molecule has 30 heavy (non-hydrogen) atoms. The molecular formula is C21H19ClFN3O2S2. The third kappa shape index (κ3) is 3.50. The predicted octanol–water partition coefficient (Wildman–Crippen LogP) is 4.77. The number of rotatable bonds is 3. The van der Waals surface area contributed by atoms with Crippen LogP contribution in [-0.2, 0) is 0 Å². The third-order valence-corrected chi connectivity index (χ3v) is 8.36. The standard InChI is InChI=1S/C21H19ClFN3O2S2/c22-18-15-2-1-14(23)7-17(15)30-19(18)21(28)26-8-13(9-26)12-3-5-25(6-4-12)20(27)16-10-29-11-24-16/h1-2,7,10-13H,3-6,8-9H2. The monoisotopic (exact) mass is 463 g/mol. The zero-order valence-electron chi connectivity index (χ0n) is 16.0. The highest BCUT2D eigenvalue weighted by Gasteiger charge is 2.39. The van der Waals surface area contributed by atoms with Crippen molar-refractivity contribution in [3.8, 4) is 0 Å². The molecule has 5 nitrogen and oxygen atoms in total. The number of amides is 2. The Hall–Kier alpha value is -2.03. The molecule has 0 aliphatic carbocycles. The second-order valence-electron chi connectivity index (χ2n) is 7.86. The average molecular weight is 464 g/mol. The molecule has 2 aromatic heterocycles. The molecule has 2 saturated heterocycles. The maximum atomic E-state index is 13.5. The zero-order valence-corrected chi connectivity index (χ0v) is 18.4. The molecule has 0 spiro atoms. The van der Waals surface area contributed by atoms with E-state index in [1.165, 1.54) is 34.8 Å². The van der Waals surface area contributed by atoms with Gasteiger partial charge in [0.25, 0.3) is 11.8 Å². The van der Waals surface area contributed by atoms with E-state index in [4.69, 9.17) is 11.6 Å².